The summed E-state index contributed by atoms with van der Waals surface area (Å²) in [6.07, 6.45) is -0.762. The minimum Gasteiger partial charge on any atom is -0.491 e. The zero-order valence-electron chi connectivity index (χ0n) is 20.8. The summed E-state index contributed by atoms with van der Waals surface area (Å²) in [5.74, 6) is 0.802. The van der Waals surface area contributed by atoms with E-state index < -0.39 is 12.2 Å². The molecule has 0 aliphatic rings. The van der Waals surface area contributed by atoms with Crippen molar-refractivity contribution in [1.82, 2.24) is 4.90 Å². The van der Waals surface area contributed by atoms with E-state index in [1.54, 1.807) is 24.3 Å². The third-order valence-electron chi connectivity index (χ3n) is 6.06. The van der Waals surface area contributed by atoms with Gasteiger partial charge in [0.15, 0.2) is 0 Å². The number of benzene rings is 3. The van der Waals surface area contributed by atoms with Crippen molar-refractivity contribution in [2.24, 2.45) is 0 Å². The molecule has 3 aromatic rings. The molecule has 3 rings (SSSR count). The minimum absolute atomic E-state index is 0.0393. The predicted octanol–water partition coefficient (Wildman–Crippen LogP) is 6.11. The third-order valence-corrected chi connectivity index (χ3v) is 6.53. The first-order chi connectivity index (χ1) is 17.4. The standard InChI is InChI=1S/C29H35Cl2NO4/c1-3-35-14-15-36-27-12-10-22(11-13-27)16-21(2)32(19-28(33)23-6-4-8-25(30)17-23)20-29(34)24-7-5-9-26(31)18-24/h4-13,17-18,21,28-29,33-34H,3,14-16,19-20H2,1-2H3/t21-,28-,29?/m0/s1. The largest absolute Gasteiger partial charge is 0.491 e. The summed E-state index contributed by atoms with van der Waals surface area (Å²) in [6, 6.07) is 22.5. The lowest BCUT2D eigenvalue weighted by Gasteiger charge is -2.33. The quantitative estimate of drug-likeness (QED) is 0.246. The maximum atomic E-state index is 11.0. The molecular formula is C29H35Cl2NO4. The molecule has 0 heterocycles. The highest BCUT2D eigenvalue weighted by molar-refractivity contribution is 6.30. The predicted molar refractivity (Wildman–Crippen MR) is 146 cm³/mol. The van der Waals surface area contributed by atoms with Crippen LogP contribution in [0, 0.1) is 0 Å². The summed E-state index contributed by atoms with van der Waals surface area (Å²) in [4.78, 5) is 2.10. The summed E-state index contributed by atoms with van der Waals surface area (Å²) in [6.45, 7) is 6.50. The van der Waals surface area contributed by atoms with Crippen molar-refractivity contribution >= 4 is 23.2 Å². The first-order valence-electron chi connectivity index (χ1n) is 12.3. The van der Waals surface area contributed by atoms with Crippen LogP contribution >= 0.6 is 23.2 Å². The van der Waals surface area contributed by atoms with Crippen LogP contribution < -0.4 is 4.74 Å². The van der Waals surface area contributed by atoms with E-state index in [9.17, 15) is 10.2 Å². The molecule has 0 amide bonds. The molecule has 0 aromatic heterocycles. The maximum Gasteiger partial charge on any atom is 0.119 e. The Kier molecular flexibility index (Phi) is 11.5. The van der Waals surface area contributed by atoms with Gasteiger partial charge in [0.25, 0.3) is 0 Å². The number of hydrogen-bond acceptors (Lipinski definition) is 5. The van der Waals surface area contributed by atoms with Gasteiger partial charge >= 0.3 is 0 Å². The van der Waals surface area contributed by atoms with Gasteiger partial charge in [0.1, 0.15) is 12.4 Å². The van der Waals surface area contributed by atoms with Crippen LogP contribution in [0.15, 0.2) is 72.8 Å². The third kappa shape index (κ3) is 9.07. The number of hydrogen-bond donors (Lipinski definition) is 2. The lowest BCUT2D eigenvalue weighted by molar-refractivity contribution is 0.0480. The van der Waals surface area contributed by atoms with Crippen LogP contribution in [0.2, 0.25) is 10.0 Å². The second-order valence-corrected chi connectivity index (χ2v) is 9.71. The van der Waals surface area contributed by atoms with Crippen molar-refractivity contribution in [3.63, 3.8) is 0 Å². The van der Waals surface area contributed by atoms with Gasteiger partial charge in [-0.3, -0.25) is 4.90 Å². The maximum absolute atomic E-state index is 11.0. The van der Waals surface area contributed by atoms with Crippen LogP contribution in [0.1, 0.15) is 42.7 Å². The molecular weight excluding hydrogens is 497 g/mol. The Morgan fingerprint density at radius 3 is 1.86 bits per heavy atom. The molecule has 3 aromatic carbocycles. The summed E-state index contributed by atoms with van der Waals surface area (Å²) in [5, 5.41) is 23.1. The fourth-order valence-corrected chi connectivity index (χ4v) is 4.47. The van der Waals surface area contributed by atoms with Crippen molar-refractivity contribution in [1.29, 1.82) is 0 Å². The van der Waals surface area contributed by atoms with E-state index in [-0.39, 0.29) is 6.04 Å². The summed E-state index contributed by atoms with van der Waals surface area (Å²) < 4.78 is 11.0. The number of rotatable bonds is 14. The molecule has 0 radical (unpaired) electrons. The molecule has 0 fully saturated rings. The molecule has 0 spiro atoms. The Hall–Kier alpha value is -2.12. The van der Waals surface area contributed by atoms with Crippen molar-refractivity contribution in [2.45, 2.75) is 38.5 Å². The first-order valence-corrected chi connectivity index (χ1v) is 13.0. The van der Waals surface area contributed by atoms with Crippen LogP contribution in [-0.4, -0.2) is 54.1 Å². The summed E-state index contributed by atoms with van der Waals surface area (Å²) in [7, 11) is 0. The van der Waals surface area contributed by atoms with Gasteiger partial charge in [-0.1, -0.05) is 59.6 Å². The fourth-order valence-electron chi connectivity index (χ4n) is 4.07. The number of nitrogens with zero attached hydrogens (tertiary/aromatic N) is 1. The van der Waals surface area contributed by atoms with Crippen LogP contribution in [0.25, 0.3) is 0 Å². The normalized spacial score (nSPS) is 14.0. The lowest BCUT2D eigenvalue weighted by atomic mass is 10.0. The molecule has 194 valence electrons. The molecule has 5 nitrogen and oxygen atoms in total. The van der Waals surface area contributed by atoms with E-state index in [1.165, 1.54) is 0 Å². The Bertz CT molecular complexity index is 1010. The van der Waals surface area contributed by atoms with Crippen molar-refractivity contribution in [3.8, 4) is 5.75 Å². The second-order valence-electron chi connectivity index (χ2n) is 8.84. The van der Waals surface area contributed by atoms with E-state index in [4.69, 9.17) is 32.7 Å². The summed E-state index contributed by atoms with van der Waals surface area (Å²) in [5.41, 5.74) is 2.62. The Morgan fingerprint density at radius 2 is 1.36 bits per heavy atom. The van der Waals surface area contributed by atoms with Gasteiger partial charge in [-0.15, -0.1) is 0 Å². The van der Waals surface area contributed by atoms with Gasteiger partial charge in [0.05, 0.1) is 18.8 Å². The van der Waals surface area contributed by atoms with E-state index in [0.29, 0.717) is 43.0 Å². The smallest absolute Gasteiger partial charge is 0.119 e. The number of aliphatic hydroxyl groups is 2. The number of halogens is 2. The highest BCUT2D eigenvalue weighted by atomic mass is 35.5. The van der Waals surface area contributed by atoms with Gasteiger partial charge in [-0.05, 0) is 73.4 Å². The van der Waals surface area contributed by atoms with E-state index in [0.717, 1.165) is 28.9 Å². The van der Waals surface area contributed by atoms with E-state index >= 15 is 0 Å². The average molecular weight is 533 g/mol. The molecule has 0 saturated carbocycles. The summed E-state index contributed by atoms with van der Waals surface area (Å²) >= 11 is 12.3. The SMILES string of the molecule is CCOCCOc1ccc(C[C@H](C)N(CC(O)c2cccc(Cl)c2)C[C@H](O)c2cccc(Cl)c2)cc1. The Balaban J connectivity index is 1.70. The highest BCUT2D eigenvalue weighted by Gasteiger charge is 2.23. The molecule has 0 bridgehead atoms. The second kappa shape index (κ2) is 14.6. The molecule has 0 aliphatic heterocycles. The molecule has 1 unspecified atom stereocenters. The zero-order valence-corrected chi connectivity index (χ0v) is 22.3. The van der Waals surface area contributed by atoms with E-state index in [1.807, 2.05) is 55.5 Å². The molecule has 3 atom stereocenters. The van der Waals surface area contributed by atoms with Crippen molar-refractivity contribution in [2.75, 3.05) is 32.9 Å². The monoisotopic (exact) mass is 531 g/mol. The van der Waals surface area contributed by atoms with Gasteiger partial charge in [-0.2, -0.15) is 0 Å². The molecule has 2 N–H and O–H groups in total. The molecule has 36 heavy (non-hydrogen) atoms. The van der Waals surface area contributed by atoms with Crippen LogP contribution in [0.5, 0.6) is 5.75 Å². The van der Waals surface area contributed by atoms with Crippen LogP contribution in [-0.2, 0) is 11.2 Å². The number of ether oxygens (including phenoxy) is 2. The topological polar surface area (TPSA) is 62.2 Å². The number of aliphatic hydroxyl groups excluding tert-OH is 2. The molecule has 0 saturated heterocycles. The van der Waals surface area contributed by atoms with Crippen LogP contribution in [0.3, 0.4) is 0 Å². The average Bonchev–Trinajstić information content (AvgIpc) is 2.87. The van der Waals surface area contributed by atoms with Gasteiger partial charge in [0, 0.05) is 35.8 Å². The van der Waals surface area contributed by atoms with Gasteiger partial charge < -0.3 is 19.7 Å². The van der Waals surface area contributed by atoms with Crippen LogP contribution in [0.4, 0.5) is 0 Å². The van der Waals surface area contributed by atoms with E-state index in [2.05, 4.69) is 11.8 Å². The van der Waals surface area contributed by atoms with Gasteiger partial charge in [0.2, 0.25) is 0 Å². The Labute approximate surface area is 224 Å². The fraction of sp³-hybridized carbons (Fsp3) is 0.379. The van der Waals surface area contributed by atoms with Crippen molar-refractivity contribution < 1.29 is 19.7 Å². The van der Waals surface area contributed by atoms with Gasteiger partial charge in [-0.25, -0.2) is 0 Å². The Morgan fingerprint density at radius 1 is 0.806 bits per heavy atom. The minimum atomic E-state index is -0.751. The molecule has 7 heteroatoms. The van der Waals surface area contributed by atoms with Crippen molar-refractivity contribution in [3.05, 3.63) is 99.5 Å². The lowest BCUT2D eigenvalue weighted by Crippen LogP contribution is -2.40. The first kappa shape index (κ1) is 28.5. The molecule has 0 aliphatic carbocycles. The highest BCUT2D eigenvalue weighted by Crippen LogP contribution is 2.24. The zero-order chi connectivity index (χ0) is 25.9.